The Morgan fingerprint density at radius 1 is 0.789 bits per heavy atom. The Bertz CT molecular complexity index is 230. The van der Waals surface area contributed by atoms with Crippen LogP contribution in [0.2, 0.25) is 0 Å². The molecule has 0 bridgehead atoms. The monoisotopic (exact) mass is 296 g/mol. The zero-order valence-electron chi connectivity index (χ0n) is 12.0. The third-order valence-corrected chi connectivity index (χ3v) is 3.17. The molecule has 0 aliphatic heterocycles. The molecule has 0 fully saturated rings. The van der Waals surface area contributed by atoms with Gasteiger partial charge in [-0.15, -0.1) is 0 Å². The predicted octanol–water partition coefficient (Wildman–Crippen LogP) is 0.642. The van der Waals surface area contributed by atoms with Crippen LogP contribution in [0.3, 0.4) is 0 Å². The van der Waals surface area contributed by atoms with Crippen molar-refractivity contribution < 1.29 is 19.8 Å². The number of aliphatic carboxylic acids is 2. The first kappa shape index (κ1) is 21.5. The molecule has 106 valence electrons. The van der Waals surface area contributed by atoms with Crippen molar-refractivity contribution in [2.45, 2.75) is 71.1 Å². The summed E-state index contributed by atoms with van der Waals surface area (Å²) in [7, 11) is 0. The molecule has 5 heteroatoms. The van der Waals surface area contributed by atoms with E-state index in [0.29, 0.717) is 6.42 Å². The minimum absolute atomic E-state index is 0. The molecular formula is C14H24CaO4. The van der Waals surface area contributed by atoms with E-state index in [-0.39, 0.29) is 44.2 Å². The summed E-state index contributed by atoms with van der Waals surface area (Å²) in [5.74, 6) is -4.52. The molecule has 4 nitrogen and oxygen atoms in total. The van der Waals surface area contributed by atoms with Gasteiger partial charge < -0.3 is 19.8 Å². The number of carboxylic acid groups (broad SMARTS) is 2. The van der Waals surface area contributed by atoms with E-state index in [1.165, 1.54) is 32.1 Å². The molecule has 0 aromatic rings. The second-order valence-electron chi connectivity index (χ2n) is 4.81. The number of unbranched alkanes of at least 4 members (excludes halogenated alkanes) is 8. The minimum Gasteiger partial charge on any atom is -0.549 e. The van der Waals surface area contributed by atoms with Crippen molar-refractivity contribution in [3.63, 3.8) is 0 Å². The summed E-state index contributed by atoms with van der Waals surface area (Å²) < 4.78 is 0. The zero-order chi connectivity index (χ0) is 13.8. The van der Waals surface area contributed by atoms with Gasteiger partial charge in [0.15, 0.2) is 0 Å². The average molecular weight is 296 g/mol. The molecule has 0 atom stereocenters. The van der Waals surface area contributed by atoms with Gasteiger partial charge in [0.05, 0.1) is 11.9 Å². The summed E-state index contributed by atoms with van der Waals surface area (Å²) in [6.07, 6.45) is 10.1. The van der Waals surface area contributed by atoms with E-state index in [0.717, 1.165) is 19.3 Å². The maximum Gasteiger partial charge on any atom is 2.00 e. The Labute approximate surface area is 146 Å². The maximum atomic E-state index is 10.5. The van der Waals surface area contributed by atoms with Crippen molar-refractivity contribution in [1.82, 2.24) is 0 Å². The summed E-state index contributed by atoms with van der Waals surface area (Å²) in [5.41, 5.74) is 0. The fourth-order valence-electron chi connectivity index (χ4n) is 1.99. The van der Waals surface area contributed by atoms with Gasteiger partial charge in [0, 0.05) is 5.92 Å². The Balaban J connectivity index is 0. The van der Waals surface area contributed by atoms with Crippen molar-refractivity contribution >= 4 is 49.7 Å². The van der Waals surface area contributed by atoms with Crippen molar-refractivity contribution in [2.75, 3.05) is 0 Å². The summed E-state index contributed by atoms with van der Waals surface area (Å²) >= 11 is 0. The molecule has 0 rings (SSSR count). The molecule has 0 aromatic carbocycles. The van der Waals surface area contributed by atoms with Gasteiger partial charge in [-0.3, -0.25) is 0 Å². The average Bonchev–Trinajstić information content (AvgIpc) is 2.30. The first-order valence-corrected chi connectivity index (χ1v) is 7.01. The van der Waals surface area contributed by atoms with E-state index >= 15 is 0 Å². The number of hydrogen-bond acceptors (Lipinski definition) is 4. The topological polar surface area (TPSA) is 80.3 Å². The van der Waals surface area contributed by atoms with Gasteiger partial charge in [-0.05, 0) is 6.42 Å². The van der Waals surface area contributed by atoms with Crippen LogP contribution in [-0.4, -0.2) is 49.7 Å². The van der Waals surface area contributed by atoms with Crippen LogP contribution in [0.4, 0.5) is 0 Å². The van der Waals surface area contributed by atoms with Crippen LogP contribution < -0.4 is 10.2 Å². The van der Waals surface area contributed by atoms with Gasteiger partial charge in [-0.25, -0.2) is 0 Å². The van der Waals surface area contributed by atoms with E-state index in [9.17, 15) is 19.8 Å². The minimum atomic E-state index is -1.53. The molecule has 0 saturated carbocycles. The molecule has 0 aromatic heterocycles. The number of hydrogen-bond donors (Lipinski definition) is 0. The van der Waals surface area contributed by atoms with E-state index in [1.54, 1.807) is 0 Å². The van der Waals surface area contributed by atoms with Gasteiger partial charge in [-0.2, -0.15) is 0 Å². The third-order valence-electron chi connectivity index (χ3n) is 3.17. The SMILES string of the molecule is CCCCCCCCCCCC(C(=O)[O-])C(=O)[O-].[Ca+2]. The summed E-state index contributed by atoms with van der Waals surface area (Å²) in [6, 6.07) is 0. The van der Waals surface area contributed by atoms with Crippen LogP contribution in [0.25, 0.3) is 0 Å². The van der Waals surface area contributed by atoms with Crippen molar-refractivity contribution in [1.29, 1.82) is 0 Å². The fraction of sp³-hybridized carbons (Fsp3) is 0.857. The molecule has 0 N–H and O–H groups in total. The standard InChI is InChI=1S/C14H26O4.Ca/c1-2-3-4-5-6-7-8-9-10-11-12(13(15)16)14(17)18;/h12H,2-11H2,1H3,(H,15,16)(H,17,18);/q;+2/p-2. The summed E-state index contributed by atoms with van der Waals surface area (Å²) in [5, 5.41) is 21.0. The molecule has 19 heavy (non-hydrogen) atoms. The van der Waals surface area contributed by atoms with Crippen LogP contribution in [0.15, 0.2) is 0 Å². The van der Waals surface area contributed by atoms with Gasteiger partial charge in [-0.1, -0.05) is 64.7 Å². The normalized spacial score (nSPS) is 10.2. The van der Waals surface area contributed by atoms with Crippen LogP contribution in [0, 0.1) is 5.92 Å². The fourth-order valence-corrected chi connectivity index (χ4v) is 1.99. The van der Waals surface area contributed by atoms with Crippen LogP contribution in [0.5, 0.6) is 0 Å². The Morgan fingerprint density at radius 3 is 1.53 bits per heavy atom. The van der Waals surface area contributed by atoms with E-state index < -0.39 is 17.9 Å². The first-order chi connectivity index (χ1) is 8.59. The molecule has 0 amide bonds. The molecule has 0 heterocycles. The van der Waals surface area contributed by atoms with E-state index in [4.69, 9.17) is 0 Å². The van der Waals surface area contributed by atoms with Crippen LogP contribution in [-0.2, 0) is 9.59 Å². The van der Waals surface area contributed by atoms with Crippen molar-refractivity contribution in [2.24, 2.45) is 5.92 Å². The predicted molar refractivity (Wildman–Crippen MR) is 71.1 cm³/mol. The van der Waals surface area contributed by atoms with Gasteiger partial charge in [0.1, 0.15) is 0 Å². The van der Waals surface area contributed by atoms with Gasteiger partial charge >= 0.3 is 37.7 Å². The smallest absolute Gasteiger partial charge is 0.549 e. The molecule has 0 radical (unpaired) electrons. The first-order valence-electron chi connectivity index (χ1n) is 7.01. The van der Waals surface area contributed by atoms with Crippen LogP contribution in [0.1, 0.15) is 71.1 Å². The van der Waals surface area contributed by atoms with Crippen molar-refractivity contribution in [3.05, 3.63) is 0 Å². The second-order valence-corrected chi connectivity index (χ2v) is 4.81. The van der Waals surface area contributed by atoms with Gasteiger partial charge in [0.2, 0.25) is 0 Å². The maximum absolute atomic E-state index is 10.5. The molecular weight excluding hydrogens is 272 g/mol. The Hall–Kier alpha value is 0.200. The molecule has 0 saturated heterocycles. The Morgan fingerprint density at radius 2 is 1.16 bits per heavy atom. The number of carboxylic acids is 2. The van der Waals surface area contributed by atoms with Gasteiger partial charge in [0.25, 0.3) is 0 Å². The largest absolute Gasteiger partial charge is 2.00 e. The second kappa shape index (κ2) is 14.6. The summed E-state index contributed by atoms with van der Waals surface area (Å²) in [4.78, 5) is 21.0. The molecule has 0 aliphatic rings. The molecule has 0 spiro atoms. The molecule has 0 aliphatic carbocycles. The van der Waals surface area contributed by atoms with E-state index in [2.05, 4.69) is 6.92 Å². The number of carbonyl (C=O) groups is 2. The zero-order valence-corrected chi connectivity index (χ0v) is 14.2. The number of rotatable bonds is 12. The van der Waals surface area contributed by atoms with Crippen LogP contribution >= 0.6 is 0 Å². The number of carbonyl (C=O) groups excluding carboxylic acids is 2. The third kappa shape index (κ3) is 13.0. The summed E-state index contributed by atoms with van der Waals surface area (Å²) in [6.45, 7) is 2.19. The quantitative estimate of drug-likeness (QED) is 0.301. The van der Waals surface area contributed by atoms with Crippen molar-refractivity contribution in [3.8, 4) is 0 Å². The van der Waals surface area contributed by atoms with E-state index in [1.807, 2.05) is 0 Å². The molecule has 0 unspecified atom stereocenters. The Kier molecular flexibility index (Phi) is 16.5.